The van der Waals surface area contributed by atoms with Gasteiger partial charge in [-0.3, -0.25) is 9.59 Å². The number of nitrogens with zero attached hydrogens (tertiary/aromatic N) is 1. The highest BCUT2D eigenvalue weighted by Gasteiger charge is 2.46. The van der Waals surface area contributed by atoms with Crippen molar-refractivity contribution in [3.8, 4) is 0 Å². The second kappa shape index (κ2) is 4.65. The summed E-state index contributed by atoms with van der Waals surface area (Å²) in [5.41, 5.74) is 0. The van der Waals surface area contributed by atoms with E-state index in [0.29, 0.717) is 12.5 Å². The SMILES string of the molecule is CSCCN1C(=O)C(C)NC(=O)C1C1CC1. The lowest BCUT2D eigenvalue weighted by molar-refractivity contribution is -0.149. The third-order valence-electron chi connectivity index (χ3n) is 3.22. The molecule has 0 spiro atoms. The van der Waals surface area contributed by atoms with E-state index in [1.54, 1.807) is 23.6 Å². The van der Waals surface area contributed by atoms with E-state index in [-0.39, 0.29) is 23.9 Å². The lowest BCUT2D eigenvalue weighted by Crippen LogP contribution is -2.63. The fourth-order valence-electron chi connectivity index (χ4n) is 2.21. The normalized spacial score (nSPS) is 30.5. The van der Waals surface area contributed by atoms with Crippen LogP contribution in [0.15, 0.2) is 0 Å². The maximum atomic E-state index is 12.0. The number of rotatable bonds is 4. The Kier molecular flexibility index (Phi) is 3.42. The largest absolute Gasteiger partial charge is 0.343 e. The lowest BCUT2D eigenvalue weighted by atomic mass is 10.0. The van der Waals surface area contributed by atoms with Gasteiger partial charge in [-0.25, -0.2) is 0 Å². The van der Waals surface area contributed by atoms with E-state index >= 15 is 0 Å². The quantitative estimate of drug-likeness (QED) is 0.780. The van der Waals surface area contributed by atoms with Crippen LogP contribution in [-0.4, -0.2) is 47.4 Å². The van der Waals surface area contributed by atoms with Gasteiger partial charge in [-0.1, -0.05) is 0 Å². The minimum atomic E-state index is -0.357. The van der Waals surface area contributed by atoms with E-state index in [0.717, 1.165) is 18.6 Å². The maximum Gasteiger partial charge on any atom is 0.245 e. The van der Waals surface area contributed by atoms with Gasteiger partial charge >= 0.3 is 0 Å². The molecular formula is C11H18N2O2S. The van der Waals surface area contributed by atoms with Gasteiger partial charge in [0, 0.05) is 12.3 Å². The van der Waals surface area contributed by atoms with E-state index < -0.39 is 0 Å². The van der Waals surface area contributed by atoms with Crippen molar-refractivity contribution in [1.82, 2.24) is 10.2 Å². The van der Waals surface area contributed by atoms with Gasteiger partial charge in [-0.05, 0) is 31.9 Å². The molecular weight excluding hydrogens is 224 g/mol. The van der Waals surface area contributed by atoms with Crippen LogP contribution in [0.2, 0.25) is 0 Å². The molecule has 1 saturated heterocycles. The highest BCUT2D eigenvalue weighted by atomic mass is 32.2. The van der Waals surface area contributed by atoms with Crippen molar-refractivity contribution in [3.63, 3.8) is 0 Å². The number of piperazine rings is 1. The van der Waals surface area contributed by atoms with Gasteiger partial charge in [-0.15, -0.1) is 0 Å². The summed E-state index contributed by atoms with van der Waals surface area (Å²) in [6.07, 6.45) is 4.18. The molecule has 0 aromatic carbocycles. The molecule has 4 nitrogen and oxygen atoms in total. The van der Waals surface area contributed by atoms with Gasteiger partial charge in [0.15, 0.2) is 0 Å². The van der Waals surface area contributed by atoms with Gasteiger partial charge in [0.1, 0.15) is 12.1 Å². The van der Waals surface area contributed by atoms with Crippen molar-refractivity contribution < 1.29 is 9.59 Å². The van der Waals surface area contributed by atoms with Gasteiger partial charge in [0.2, 0.25) is 11.8 Å². The van der Waals surface area contributed by atoms with Crippen LogP contribution in [0.5, 0.6) is 0 Å². The van der Waals surface area contributed by atoms with Crippen molar-refractivity contribution in [2.75, 3.05) is 18.6 Å². The van der Waals surface area contributed by atoms with E-state index in [1.807, 2.05) is 6.26 Å². The molecule has 90 valence electrons. The summed E-state index contributed by atoms with van der Waals surface area (Å²) < 4.78 is 0. The number of hydrogen-bond donors (Lipinski definition) is 1. The van der Waals surface area contributed by atoms with Gasteiger partial charge < -0.3 is 10.2 Å². The minimum Gasteiger partial charge on any atom is -0.343 e. The standard InChI is InChI=1S/C11H18N2O2S/c1-7-11(15)13(5-6-16-2)9(8-3-4-8)10(14)12-7/h7-9H,3-6H2,1-2H3,(H,12,14). The minimum absolute atomic E-state index is 0.0377. The molecule has 0 bridgehead atoms. The van der Waals surface area contributed by atoms with Crippen LogP contribution in [0.1, 0.15) is 19.8 Å². The maximum absolute atomic E-state index is 12.0. The zero-order valence-corrected chi connectivity index (χ0v) is 10.5. The molecule has 0 aromatic heterocycles. The van der Waals surface area contributed by atoms with Crippen LogP contribution in [0.25, 0.3) is 0 Å². The fourth-order valence-corrected chi connectivity index (χ4v) is 2.59. The molecule has 2 fully saturated rings. The third kappa shape index (κ3) is 2.19. The summed E-state index contributed by atoms with van der Waals surface area (Å²) in [6, 6.07) is -0.555. The molecule has 5 heteroatoms. The van der Waals surface area contributed by atoms with Crippen molar-refractivity contribution in [2.45, 2.75) is 31.8 Å². The van der Waals surface area contributed by atoms with Crippen molar-refractivity contribution in [3.05, 3.63) is 0 Å². The Labute approximate surface area is 100 Å². The highest BCUT2D eigenvalue weighted by Crippen LogP contribution is 2.36. The van der Waals surface area contributed by atoms with Crippen molar-refractivity contribution >= 4 is 23.6 Å². The first-order valence-electron chi connectivity index (χ1n) is 5.75. The second-order valence-corrected chi connectivity index (χ2v) is 5.52. The molecule has 1 N–H and O–H groups in total. The predicted octanol–water partition coefficient (Wildman–Crippen LogP) is 0.475. The Bertz CT molecular complexity index is 304. The van der Waals surface area contributed by atoms with Crippen LogP contribution in [-0.2, 0) is 9.59 Å². The van der Waals surface area contributed by atoms with Crippen LogP contribution in [0.4, 0.5) is 0 Å². The molecule has 16 heavy (non-hydrogen) atoms. The Balaban J connectivity index is 2.11. The fraction of sp³-hybridized carbons (Fsp3) is 0.818. The van der Waals surface area contributed by atoms with Crippen LogP contribution in [0, 0.1) is 5.92 Å². The molecule has 1 aliphatic carbocycles. The highest BCUT2D eigenvalue weighted by molar-refractivity contribution is 7.98. The predicted molar refractivity (Wildman–Crippen MR) is 64.2 cm³/mol. The van der Waals surface area contributed by atoms with Gasteiger partial charge in [0.05, 0.1) is 0 Å². The second-order valence-electron chi connectivity index (χ2n) is 4.54. The van der Waals surface area contributed by atoms with Crippen molar-refractivity contribution in [2.24, 2.45) is 5.92 Å². The summed E-state index contributed by atoms with van der Waals surface area (Å²) in [6.45, 7) is 2.45. The molecule has 2 amide bonds. The summed E-state index contributed by atoms with van der Waals surface area (Å²) >= 11 is 1.71. The third-order valence-corrected chi connectivity index (χ3v) is 3.81. The smallest absolute Gasteiger partial charge is 0.245 e. The first kappa shape index (κ1) is 11.8. The molecule has 2 unspecified atom stereocenters. The number of carbonyl (C=O) groups is 2. The molecule has 2 atom stereocenters. The van der Waals surface area contributed by atoms with Crippen molar-refractivity contribution in [1.29, 1.82) is 0 Å². The van der Waals surface area contributed by atoms with Crippen LogP contribution >= 0.6 is 11.8 Å². The molecule has 1 heterocycles. The van der Waals surface area contributed by atoms with E-state index in [1.165, 1.54) is 0 Å². The van der Waals surface area contributed by atoms with E-state index in [2.05, 4.69) is 5.32 Å². The average Bonchev–Trinajstić information content (AvgIpc) is 3.05. The summed E-state index contributed by atoms with van der Waals surface area (Å²) in [5, 5.41) is 2.77. The Morgan fingerprint density at radius 3 is 2.69 bits per heavy atom. The number of hydrogen-bond acceptors (Lipinski definition) is 3. The number of amides is 2. The Morgan fingerprint density at radius 1 is 1.44 bits per heavy atom. The summed E-state index contributed by atoms with van der Waals surface area (Å²) in [5.74, 6) is 1.41. The average molecular weight is 242 g/mol. The Morgan fingerprint density at radius 2 is 2.12 bits per heavy atom. The van der Waals surface area contributed by atoms with E-state index in [9.17, 15) is 9.59 Å². The van der Waals surface area contributed by atoms with Gasteiger partial charge in [-0.2, -0.15) is 11.8 Å². The molecule has 2 rings (SSSR count). The monoisotopic (exact) mass is 242 g/mol. The molecule has 2 aliphatic rings. The zero-order valence-electron chi connectivity index (χ0n) is 9.73. The first-order chi connectivity index (χ1) is 7.65. The summed E-state index contributed by atoms with van der Waals surface area (Å²) in [4.78, 5) is 25.7. The lowest BCUT2D eigenvalue weighted by Gasteiger charge is -2.38. The molecule has 1 saturated carbocycles. The number of carbonyl (C=O) groups excluding carboxylic acids is 2. The van der Waals surface area contributed by atoms with Gasteiger partial charge in [0.25, 0.3) is 0 Å². The first-order valence-corrected chi connectivity index (χ1v) is 7.14. The van der Waals surface area contributed by atoms with Crippen LogP contribution < -0.4 is 5.32 Å². The number of nitrogens with one attached hydrogen (secondary N) is 1. The molecule has 0 aromatic rings. The molecule has 1 aliphatic heterocycles. The van der Waals surface area contributed by atoms with Crippen LogP contribution in [0.3, 0.4) is 0 Å². The topological polar surface area (TPSA) is 49.4 Å². The number of thioether (sulfide) groups is 1. The van der Waals surface area contributed by atoms with E-state index in [4.69, 9.17) is 0 Å². The summed E-state index contributed by atoms with van der Waals surface area (Å²) in [7, 11) is 0. The molecule has 0 radical (unpaired) electrons. The zero-order chi connectivity index (χ0) is 11.7. The Hall–Kier alpha value is -0.710.